The predicted molar refractivity (Wildman–Crippen MR) is 107 cm³/mol. The molecule has 134 valence electrons. The van der Waals surface area contributed by atoms with Crippen LogP contribution in [0.1, 0.15) is 12.5 Å². The maximum Gasteiger partial charge on any atom is 0.237 e. The number of halogens is 1. The Hall–Kier alpha value is -2.31. The molecule has 1 heterocycles. The molecule has 0 radical (unpaired) electrons. The number of anilines is 1. The molecule has 1 N–H and O–H groups in total. The Kier molecular flexibility index (Phi) is 5.64. The highest BCUT2D eigenvalue weighted by molar-refractivity contribution is 8.00. The van der Waals surface area contributed by atoms with Gasteiger partial charge in [0, 0.05) is 18.3 Å². The molecule has 0 saturated heterocycles. The molecule has 2 aromatic carbocycles. The third-order valence-corrected chi connectivity index (χ3v) is 5.47. The standard InChI is InChI=1S/C19H19ClN4OS/c1-12-8-4-7-11-16(12)21-18(25)13(2)26-19-23-22-17(24(19)3)14-9-5-6-10-15(14)20/h4-11,13H,1-3H3,(H,21,25). The third kappa shape index (κ3) is 3.92. The molecule has 1 unspecified atom stereocenters. The molecule has 0 saturated carbocycles. The summed E-state index contributed by atoms with van der Waals surface area (Å²) in [4.78, 5) is 12.5. The highest BCUT2D eigenvalue weighted by atomic mass is 35.5. The molecule has 26 heavy (non-hydrogen) atoms. The van der Waals surface area contributed by atoms with Crippen molar-refractivity contribution in [2.75, 3.05) is 5.32 Å². The maximum atomic E-state index is 12.5. The zero-order valence-electron chi connectivity index (χ0n) is 14.7. The number of carbonyl (C=O) groups is 1. The van der Waals surface area contributed by atoms with Crippen LogP contribution < -0.4 is 5.32 Å². The van der Waals surface area contributed by atoms with E-state index >= 15 is 0 Å². The molecule has 5 nitrogen and oxygen atoms in total. The van der Waals surface area contributed by atoms with Crippen LogP contribution in [0.3, 0.4) is 0 Å². The van der Waals surface area contributed by atoms with Crippen LogP contribution in [0.2, 0.25) is 5.02 Å². The first-order chi connectivity index (χ1) is 12.5. The van der Waals surface area contributed by atoms with E-state index in [9.17, 15) is 4.79 Å². The smallest absolute Gasteiger partial charge is 0.237 e. The number of carbonyl (C=O) groups excluding carboxylic acids is 1. The van der Waals surface area contributed by atoms with E-state index in [0.29, 0.717) is 16.0 Å². The van der Waals surface area contributed by atoms with Gasteiger partial charge < -0.3 is 9.88 Å². The van der Waals surface area contributed by atoms with Crippen LogP contribution in [0.5, 0.6) is 0 Å². The van der Waals surface area contributed by atoms with E-state index in [1.165, 1.54) is 11.8 Å². The topological polar surface area (TPSA) is 59.8 Å². The highest BCUT2D eigenvalue weighted by Crippen LogP contribution is 2.30. The van der Waals surface area contributed by atoms with E-state index in [1.807, 2.05) is 74.0 Å². The molecule has 3 aromatic rings. The summed E-state index contributed by atoms with van der Waals surface area (Å²) in [5.74, 6) is 0.594. The van der Waals surface area contributed by atoms with Crippen molar-refractivity contribution >= 4 is 35.0 Å². The van der Waals surface area contributed by atoms with Crippen LogP contribution in [-0.4, -0.2) is 25.9 Å². The molecule has 0 fully saturated rings. The van der Waals surface area contributed by atoms with Gasteiger partial charge in [-0.2, -0.15) is 0 Å². The molecule has 0 aliphatic carbocycles. The lowest BCUT2D eigenvalue weighted by Gasteiger charge is -2.13. The minimum absolute atomic E-state index is 0.0772. The molecule has 0 spiro atoms. The van der Waals surface area contributed by atoms with Gasteiger partial charge in [-0.3, -0.25) is 4.79 Å². The van der Waals surface area contributed by atoms with Gasteiger partial charge >= 0.3 is 0 Å². The second-order valence-corrected chi connectivity index (χ2v) is 7.62. The van der Waals surface area contributed by atoms with Gasteiger partial charge in [0.05, 0.1) is 10.3 Å². The van der Waals surface area contributed by atoms with Gasteiger partial charge in [-0.15, -0.1) is 10.2 Å². The van der Waals surface area contributed by atoms with E-state index in [4.69, 9.17) is 11.6 Å². The number of aromatic nitrogens is 3. The minimum Gasteiger partial charge on any atom is -0.325 e. The lowest BCUT2D eigenvalue weighted by Crippen LogP contribution is -2.23. The molecular formula is C19H19ClN4OS. The number of para-hydroxylation sites is 1. The van der Waals surface area contributed by atoms with Gasteiger partial charge in [-0.25, -0.2) is 0 Å². The van der Waals surface area contributed by atoms with Crippen molar-refractivity contribution in [3.63, 3.8) is 0 Å². The van der Waals surface area contributed by atoms with E-state index in [0.717, 1.165) is 16.8 Å². The molecule has 0 aliphatic heterocycles. The van der Waals surface area contributed by atoms with E-state index < -0.39 is 0 Å². The normalized spacial score (nSPS) is 12.0. The van der Waals surface area contributed by atoms with Gasteiger partial charge in [0.25, 0.3) is 0 Å². The SMILES string of the molecule is Cc1ccccc1NC(=O)C(C)Sc1nnc(-c2ccccc2Cl)n1C. The number of aryl methyl sites for hydroxylation is 1. The van der Waals surface area contributed by atoms with Crippen molar-refractivity contribution < 1.29 is 4.79 Å². The predicted octanol–water partition coefficient (Wildman–Crippen LogP) is 4.56. The molecule has 1 amide bonds. The van der Waals surface area contributed by atoms with Crippen molar-refractivity contribution in [1.82, 2.24) is 14.8 Å². The van der Waals surface area contributed by atoms with Gasteiger partial charge in [0.15, 0.2) is 11.0 Å². The molecule has 0 bridgehead atoms. The number of nitrogens with one attached hydrogen (secondary N) is 1. The Morgan fingerprint density at radius 2 is 1.85 bits per heavy atom. The number of amides is 1. The molecule has 0 aliphatic rings. The van der Waals surface area contributed by atoms with Gasteiger partial charge in [0.1, 0.15) is 0 Å². The van der Waals surface area contributed by atoms with Crippen molar-refractivity contribution in [3.8, 4) is 11.4 Å². The zero-order chi connectivity index (χ0) is 18.7. The van der Waals surface area contributed by atoms with E-state index in [1.54, 1.807) is 0 Å². The van der Waals surface area contributed by atoms with E-state index in [-0.39, 0.29) is 11.2 Å². The second-order valence-electron chi connectivity index (χ2n) is 5.91. The monoisotopic (exact) mass is 386 g/mol. The van der Waals surface area contributed by atoms with Crippen LogP contribution in [0.25, 0.3) is 11.4 Å². The van der Waals surface area contributed by atoms with Gasteiger partial charge in [0.2, 0.25) is 5.91 Å². The first-order valence-corrected chi connectivity index (χ1v) is 9.40. The summed E-state index contributed by atoms with van der Waals surface area (Å²) >= 11 is 7.61. The van der Waals surface area contributed by atoms with Crippen molar-refractivity contribution in [2.24, 2.45) is 7.05 Å². The Balaban J connectivity index is 1.74. The van der Waals surface area contributed by atoms with Crippen LogP contribution in [0.4, 0.5) is 5.69 Å². The highest BCUT2D eigenvalue weighted by Gasteiger charge is 2.20. The Labute approximate surface area is 161 Å². The number of rotatable bonds is 5. The van der Waals surface area contributed by atoms with Gasteiger partial charge in [-0.1, -0.05) is 53.7 Å². The number of hydrogen-bond donors (Lipinski definition) is 1. The average molecular weight is 387 g/mol. The molecular weight excluding hydrogens is 368 g/mol. The average Bonchev–Trinajstić information content (AvgIpc) is 2.98. The van der Waals surface area contributed by atoms with Crippen molar-refractivity contribution in [1.29, 1.82) is 0 Å². The zero-order valence-corrected chi connectivity index (χ0v) is 16.3. The summed E-state index contributed by atoms with van der Waals surface area (Å²) < 4.78 is 1.85. The summed E-state index contributed by atoms with van der Waals surface area (Å²) in [6, 6.07) is 15.2. The van der Waals surface area contributed by atoms with E-state index in [2.05, 4.69) is 15.5 Å². The summed E-state index contributed by atoms with van der Waals surface area (Å²) in [6.45, 7) is 3.81. The third-order valence-electron chi connectivity index (χ3n) is 4.00. The summed E-state index contributed by atoms with van der Waals surface area (Å²) in [5, 5.41) is 12.4. The van der Waals surface area contributed by atoms with Crippen LogP contribution >= 0.6 is 23.4 Å². The summed E-state index contributed by atoms with van der Waals surface area (Å²) in [5.41, 5.74) is 2.66. The molecule has 1 aromatic heterocycles. The fraction of sp³-hybridized carbons (Fsp3) is 0.211. The second kappa shape index (κ2) is 7.93. The number of thioether (sulfide) groups is 1. The maximum absolute atomic E-state index is 12.5. The number of benzene rings is 2. The first kappa shape index (κ1) is 18.5. The molecule has 7 heteroatoms. The largest absolute Gasteiger partial charge is 0.325 e. The molecule has 1 atom stereocenters. The first-order valence-electron chi connectivity index (χ1n) is 8.15. The quantitative estimate of drug-likeness (QED) is 0.653. The number of hydrogen-bond acceptors (Lipinski definition) is 4. The Bertz CT molecular complexity index is 941. The van der Waals surface area contributed by atoms with Crippen molar-refractivity contribution in [2.45, 2.75) is 24.3 Å². The summed E-state index contributed by atoms with van der Waals surface area (Å²) in [7, 11) is 1.87. The fourth-order valence-electron chi connectivity index (χ4n) is 2.45. The van der Waals surface area contributed by atoms with Crippen LogP contribution in [0.15, 0.2) is 53.7 Å². The Morgan fingerprint density at radius 3 is 2.58 bits per heavy atom. The summed E-state index contributed by atoms with van der Waals surface area (Å²) in [6.07, 6.45) is 0. The number of nitrogens with zero attached hydrogens (tertiary/aromatic N) is 3. The van der Waals surface area contributed by atoms with Crippen LogP contribution in [-0.2, 0) is 11.8 Å². The van der Waals surface area contributed by atoms with Crippen molar-refractivity contribution in [3.05, 3.63) is 59.1 Å². The van der Waals surface area contributed by atoms with Gasteiger partial charge in [-0.05, 0) is 37.6 Å². The lowest BCUT2D eigenvalue weighted by molar-refractivity contribution is -0.115. The van der Waals surface area contributed by atoms with Crippen LogP contribution in [0, 0.1) is 6.92 Å². The Morgan fingerprint density at radius 1 is 1.15 bits per heavy atom. The minimum atomic E-state index is -0.323. The molecule has 3 rings (SSSR count). The fourth-order valence-corrected chi connectivity index (χ4v) is 3.49. The lowest BCUT2D eigenvalue weighted by atomic mass is 10.2.